The fourth-order valence-electron chi connectivity index (χ4n) is 5.51. The largest absolute Gasteiger partial charge is 0.494 e. The van der Waals surface area contributed by atoms with Gasteiger partial charge in [0.05, 0.1) is 26.1 Å². The van der Waals surface area contributed by atoms with Gasteiger partial charge in [0.2, 0.25) is 11.8 Å². The molecule has 0 saturated carbocycles. The Hall–Kier alpha value is -3.73. The van der Waals surface area contributed by atoms with E-state index >= 15 is 0 Å². The van der Waals surface area contributed by atoms with Crippen LogP contribution in [-0.4, -0.2) is 65.6 Å². The highest BCUT2D eigenvalue weighted by molar-refractivity contribution is 5.96. The molecule has 0 aliphatic carbocycles. The Labute approximate surface area is 305 Å². The third kappa shape index (κ3) is 18.9. The first-order valence-corrected chi connectivity index (χ1v) is 18.7. The average molecular weight is 717 g/mol. The summed E-state index contributed by atoms with van der Waals surface area (Å²) in [6, 6.07) is 5.91. The minimum Gasteiger partial charge on any atom is -0.494 e. The summed E-state index contributed by atoms with van der Waals surface area (Å²) < 4.78 is 16.1. The van der Waals surface area contributed by atoms with Crippen molar-refractivity contribution >= 4 is 29.5 Å². The number of rotatable bonds is 27. The van der Waals surface area contributed by atoms with Gasteiger partial charge in [-0.15, -0.1) is 0 Å². The predicted molar refractivity (Wildman–Crippen MR) is 198 cm³/mol. The highest BCUT2D eigenvalue weighted by Gasteiger charge is 2.50. The molecule has 0 spiro atoms. The molecule has 0 fully saturated rings. The van der Waals surface area contributed by atoms with Gasteiger partial charge in [0.1, 0.15) is 23.2 Å². The zero-order valence-electron chi connectivity index (χ0n) is 31.9. The molecule has 2 unspecified atom stereocenters. The molecule has 288 valence electrons. The standard InChI is InChI=1S/C40H64N2O9/c1-7-9-11-14-17-20-31(43)21-18-15-12-13-16-19-22-33(40(48,29-35(41)44)38(47)51-39(3,4)5)36(45)42-34(37(46)49-6)28-30-23-25-32(26-24-30)50-27-10-8-2/h19,22-26,33-34,48H,7-18,20-21,27-29H2,1-6H3,(H2,41,44)(H,42,45)/b22-19+/t33?,34-,40?/m0/s1. The molecular formula is C40H64N2O9. The number of hydrogen-bond donors (Lipinski definition) is 3. The van der Waals surface area contributed by atoms with Crippen LogP contribution in [0.1, 0.15) is 136 Å². The van der Waals surface area contributed by atoms with E-state index in [1.807, 2.05) is 0 Å². The maximum absolute atomic E-state index is 13.9. The SMILES string of the molecule is CCCCCCCC(=O)CCCCCC/C=C/C(C(=O)N[C@@H](Cc1ccc(OCCCC)cc1)C(=O)OC)C(O)(CC(N)=O)C(=O)OC(C)(C)C. The van der Waals surface area contributed by atoms with Crippen molar-refractivity contribution in [2.45, 2.75) is 155 Å². The minimum atomic E-state index is -2.66. The Morgan fingerprint density at radius 3 is 2.00 bits per heavy atom. The van der Waals surface area contributed by atoms with Gasteiger partial charge in [0, 0.05) is 19.3 Å². The van der Waals surface area contributed by atoms with E-state index in [4.69, 9.17) is 19.9 Å². The number of carbonyl (C=O) groups is 5. The van der Waals surface area contributed by atoms with Crippen LogP contribution in [0.4, 0.5) is 0 Å². The first-order valence-electron chi connectivity index (χ1n) is 18.7. The van der Waals surface area contributed by atoms with E-state index in [2.05, 4.69) is 19.2 Å². The Morgan fingerprint density at radius 2 is 1.45 bits per heavy atom. The van der Waals surface area contributed by atoms with Crippen molar-refractivity contribution in [3.05, 3.63) is 42.0 Å². The number of carbonyl (C=O) groups excluding carboxylic acids is 5. The molecule has 4 N–H and O–H groups in total. The molecular weight excluding hydrogens is 652 g/mol. The van der Waals surface area contributed by atoms with E-state index in [1.165, 1.54) is 32.4 Å². The normalized spacial score (nSPS) is 13.9. The molecule has 0 aromatic heterocycles. The second-order valence-corrected chi connectivity index (χ2v) is 14.3. The summed E-state index contributed by atoms with van der Waals surface area (Å²) in [5.41, 5.74) is 2.45. The summed E-state index contributed by atoms with van der Waals surface area (Å²) in [5.74, 6) is -4.49. The number of hydrogen-bond acceptors (Lipinski definition) is 9. The summed E-state index contributed by atoms with van der Waals surface area (Å²) >= 11 is 0. The van der Waals surface area contributed by atoms with E-state index in [0.29, 0.717) is 43.0 Å². The smallest absolute Gasteiger partial charge is 0.340 e. The number of esters is 2. The number of aliphatic hydroxyl groups is 1. The zero-order chi connectivity index (χ0) is 38.3. The molecule has 1 aromatic carbocycles. The molecule has 0 bridgehead atoms. The summed E-state index contributed by atoms with van der Waals surface area (Å²) in [6.45, 7) is 9.60. The number of Topliss-reactive ketones (excluding diaryl/α,β-unsaturated/α-hetero) is 1. The molecule has 11 nitrogen and oxygen atoms in total. The quantitative estimate of drug-likeness (QED) is 0.0525. The van der Waals surface area contributed by atoms with Crippen molar-refractivity contribution in [3.8, 4) is 5.75 Å². The Balaban J connectivity index is 3.08. The first-order chi connectivity index (χ1) is 24.2. The summed E-state index contributed by atoms with van der Waals surface area (Å²) in [5, 5.41) is 14.4. The van der Waals surface area contributed by atoms with Crippen LogP contribution in [0.15, 0.2) is 36.4 Å². The van der Waals surface area contributed by atoms with Crippen molar-refractivity contribution in [1.82, 2.24) is 5.32 Å². The highest BCUT2D eigenvalue weighted by atomic mass is 16.6. The molecule has 3 atom stereocenters. The van der Waals surface area contributed by atoms with Crippen molar-refractivity contribution < 1.29 is 43.3 Å². The second-order valence-electron chi connectivity index (χ2n) is 14.3. The van der Waals surface area contributed by atoms with Gasteiger partial charge >= 0.3 is 11.9 Å². The number of unbranched alkanes of at least 4 members (excludes halogenated alkanes) is 9. The summed E-state index contributed by atoms with van der Waals surface area (Å²) in [4.78, 5) is 64.5. The third-order valence-corrected chi connectivity index (χ3v) is 8.39. The number of ether oxygens (including phenoxy) is 3. The monoisotopic (exact) mass is 716 g/mol. The molecule has 2 amide bonds. The predicted octanol–water partition coefficient (Wildman–Crippen LogP) is 6.46. The van der Waals surface area contributed by atoms with Gasteiger partial charge in [0.15, 0.2) is 5.60 Å². The van der Waals surface area contributed by atoms with Gasteiger partial charge in [-0.1, -0.05) is 83.1 Å². The average Bonchev–Trinajstić information content (AvgIpc) is 3.06. The Bertz CT molecular complexity index is 1240. The van der Waals surface area contributed by atoms with Gasteiger partial charge in [-0.2, -0.15) is 0 Å². The molecule has 0 radical (unpaired) electrons. The second kappa shape index (κ2) is 24.5. The van der Waals surface area contributed by atoms with Crippen LogP contribution in [0.3, 0.4) is 0 Å². The fraction of sp³-hybridized carbons (Fsp3) is 0.675. The topological polar surface area (TPSA) is 171 Å². The third-order valence-electron chi connectivity index (χ3n) is 8.39. The molecule has 0 saturated heterocycles. The number of allylic oxidation sites excluding steroid dienone is 1. The summed E-state index contributed by atoms with van der Waals surface area (Å²) in [6.07, 6.45) is 14.7. The first kappa shape index (κ1) is 45.3. The maximum Gasteiger partial charge on any atom is 0.340 e. The number of primary amides is 1. The van der Waals surface area contributed by atoms with Gasteiger partial charge in [0.25, 0.3) is 0 Å². The molecule has 51 heavy (non-hydrogen) atoms. The van der Waals surface area contributed by atoms with Crippen LogP contribution >= 0.6 is 0 Å². The zero-order valence-corrected chi connectivity index (χ0v) is 31.9. The number of benzene rings is 1. The number of nitrogens with two attached hydrogens (primary N) is 1. The van der Waals surface area contributed by atoms with Crippen LogP contribution in [0.2, 0.25) is 0 Å². The number of amides is 2. The maximum atomic E-state index is 13.9. The lowest BCUT2D eigenvalue weighted by Crippen LogP contribution is -2.57. The molecule has 0 heterocycles. The number of ketones is 1. The van der Waals surface area contributed by atoms with Gasteiger partial charge < -0.3 is 30.4 Å². The molecule has 0 aliphatic heterocycles. The molecule has 0 aliphatic rings. The number of nitrogens with one attached hydrogen (secondary N) is 1. The van der Waals surface area contributed by atoms with Crippen molar-refractivity contribution in [2.24, 2.45) is 11.7 Å². The lowest BCUT2D eigenvalue weighted by atomic mass is 9.82. The highest BCUT2D eigenvalue weighted by Crippen LogP contribution is 2.29. The van der Waals surface area contributed by atoms with E-state index in [9.17, 15) is 29.1 Å². The van der Waals surface area contributed by atoms with Crippen LogP contribution in [-0.2, 0) is 39.9 Å². The van der Waals surface area contributed by atoms with Crippen molar-refractivity contribution in [1.29, 1.82) is 0 Å². The van der Waals surface area contributed by atoms with Crippen molar-refractivity contribution in [3.63, 3.8) is 0 Å². The summed E-state index contributed by atoms with van der Waals surface area (Å²) in [7, 11) is 1.19. The minimum absolute atomic E-state index is 0.0478. The molecule has 11 heteroatoms. The Kier molecular flexibility index (Phi) is 21.7. The Morgan fingerprint density at radius 1 is 0.863 bits per heavy atom. The van der Waals surface area contributed by atoms with Crippen LogP contribution in [0.5, 0.6) is 5.75 Å². The molecule has 1 aromatic rings. The lowest BCUT2D eigenvalue weighted by Gasteiger charge is -2.34. The van der Waals surface area contributed by atoms with Gasteiger partial charge in [-0.05, 0) is 70.6 Å². The van der Waals surface area contributed by atoms with Gasteiger partial charge in [-0.25, -0.2) is 9.59 Å². The van der Waals surface area contributed by atoms with E-state index in [0.717, 1.165) is 51.4 Å². The van der Waals surface area contributed by atoms with Crippen molar-refractivity contribution in [2.75, 3.05) is 13.7 Å². The lowest BCUT2D eigenvalue weighted by molar-refractivity contribution is -0.185. The van der Waals surface area contributed by atoms with E-state index in [1.54, 1.807) is 51.1 Å². The number of methoxy groups -OCH3 is 1. The van der Waals surface area contributed by atoms with Gasteiger partial charge in [-0.3, -0.25) is 14.4 Å². The fourth-order valence-corrected chi connectivity index (χ4v) is 5.51. The van der Waals surface area contributed by atoms with E-state index in [-0.39, 0.29) is 6.42 Å². The van der Waals surface area contributed by atoms with Crippen LogP contribution < -0.4 is 15.8 Å². The van der Waals surface area contributed by atoms with Crippen LogP contribution in [0, 0.1) is 5.92 Å². The van der Waals surface area contributed by atoms with Crippen LogP contribution in [0.25, 0.3) is 0 Å². The van der Waals surface area contributed by atoms with E-state index < -0.39 is 53.3 Å². The molecule has 1 rings (SSSR count).